The smallest absolute Gasteiger partial charge is 0.342 e. The molecule has 2 atom stereocenters. The molecule has 4 rings (SSSR count). The fourth-order valence-electron chi connectivity index (χ4n) is 4.07. The van der Waals surface area contributed by atoms with Crippen molar-refractivity contribution in [3.8, 4) is 0 Å². The third-order valence-electron chi connectivity index (χ3n) is 6.00. The number of sulfonamides is 1. The molecule has 9 nitrogen and oxygen atoms in total. The average molecular weight is 630 g/mol. The molecule has 1 unspecified atom stereocenters. The first-order valence-corrected chi connectivity index (χ1v) is 14.3. The van der Waals surface area contributed by atoms with Crippen LogP contribution >= 0.6 is 35.1 Å². The van der Waals surface area contributed by atoms with Crippen LogP contribution in [0.3, 0.4) is 0 Å². The van der Waals surface area contributed by atoms with Crippen LogP contribution < -0.4 is 0 Å². The fourth-order valence-corrected chi connectivity index (χ4v) is 7.03. The highest BCUT2D eigenvalue weighted by Crippen LogP contribution is 2.37. The van der Waals surface area contributed by atoms with Gasteiger partial charge in [-0.15, -0.1) is 0 Å². The number of hydrazine groups is 1. The van der Waals surface area contributed by atoms with Crippen molar-refractivity contribution < 1.29 is 35.6 Å². The van der Waals surface area contributed by atoms with Crippen LogP contribution in [-0.4, -0.2) is 76.9 Å². The van der Waals surface area contributed by atoms with Crippen LogP contribution in [0, 0.1) is 5.82 Å². The summed E-state index contributed by atoms with van der Waals surface area (Å²) in [6.07, 6.45) is -4.96. The van der Waals surface area contributed by atoms with E-state index in [1.807, 2.05) is 4.90 Å². The van der Waals surface area contributed by atoms with Crippen molar-refractivity contribution in [2.24, 2.45) is 4.40 Å². The van der Waals surface area contributed by atoms with Gasteiger partial charge in [0.25, 0.3) is 10.0 Å². The Morgan fingerprint density at radius 1 is 1.21 bits per heavy atom. The summed E-state index contributed by atoms with van der Waals surface area (Å²) in [6, 6.07) is 10.4. The van der Waals surface area contributed by atoms with Crippen molar-refractivity contribution in [3.05, 3.63) is 64.9 Å². The molecular weight excluding hydrogens is 609 g/mol. The highest BCUT2D eigenvalue weighted by atomic mass is 35.5. The van der Waals surface area contributed by atoms with E-state index in [0.717, 1.165) is 17.1 Å². The van der Waals surface area contributed by atoms with Crippen molar-refractivity contribution in [1.82, 2.24) is 19.4 Å². The van der Waals surface area contributed by atoms with Crippen molar-refractivity contribution in [3.63, 3.8) is 0 Å². The maximum absolute atomic E-state index is 14.2. The number of hydrogen-bond acceptors (Lipinski definition) is 9. The lowest BCUT2D eigenvalue weighted by Crippen LogP contribution is -2.57. The number of amidine groups is 1. The first-order valence-electron chi connectivity index (χ1n) is 11.2. The molecule has 2 aliphatic rings. The third kappa shape index (κ3) is 6.61. The standard InChI is InChI=1S/C22H21Cl2F4N5O4S2/c1-30(16-9-10-31(13-16)12-14-11-15(23)7-8-18(14)25)32-20(24)29-38-21(32)33(37-19(34)22(26,27)28)39(35,36)17-5-3-2-4-6-17/h2-8,11,16,21H,9-10,12-13H2,1H3/t16?,21-/m0/s1. The van der Waals surface area contributed by atoms with Gasteiger partial charge in [-0.3, -0.25) is 4.90 Å². The SMILES string of the molecule is CN(C1CCN(Cc2cc(Cl)ccc2F)C1)N1C(Cl)=NS[C@@H]1N(OC(=O)C(F)(F)F)S(=O)(=O)c1ccccc1. The highest BCUT2D eigenvalue weighted by molar-refractivity contribution is 8.00. The van der Waals surface area contributed by atoms with E-state index < -0.39 is 38.4 Å². The third-order valence-corrected chi connectivity index (χ3v) is 9.20. The van der Waals surface area contributed by atoms with Gasteiger partial charge in [-0.25, -0.2) is 27.6 Å². The lowest BCUT2D eigenvalue weighted by Gasteiger charge is -2.39. The highest BCUT2D eigenvalue weighted by Gasteiger charge is 2.51. The average Bonchev–Trinajstić information content (AvgIpc) is 3.50. The molecule has 2 aromatic carbocycles. The van der Waals surface area contributed by atoms with Gasteiger partial charge in [-0.1, -0.05) is 29.8 Å². The normalized spacial score (nSPS) is 20.6. The van der Waals surface area contributed by atoms with Crippen molar-refractivity contribution in [2.45, 2.75) is 35.6 Å². The molecule has 0 bridgehead atoms. The van der Waals surface area contributed by atoms with Crippen molar-refractivity contribution in [2.75, 3.05) is 20.1 Å². The van der Waals surface area contributed by atoms with Gasteiger partial charge >= 0.3 is 12.1 Å². The van der Waals surface area contributed by atoms with E-state index in [-0.39, 0.29) is 22.3 Å². The zero-order chi connectivity index (χ0) is 28.5. The maximum Gasteiger partial charge on any atom is 0.492 e. The Kier molecular flexibility index (Phi) is 9.00. The van der Waals surface area contributed by atoms with E-state index in [1.165, 1.54) is 41.4 Å². The number of hydrogen-bond donors (Lipinski definition) is 0. The van der Waals surface area contributed by atoms with Gasteiger partial charge in [-0.05, 0) is 48.4 Å². The van der Waals surface area contributed by atoms with Gasteiger partial charge < -0.3 is 4.84 Å². The van der Waals surface area contributed by atoms with Gasteiger partial charge in [-0.2, -0.15) is 17.6 Å². The first-order chi connectivity index (χ1) is 18.3. The second-order valence-corrected chi connectivity index (χ2v) is 11.9. The molecular formula is C22H21Cl2F4N5O4S2. The van der Waals surface area contributed by atoms with Gasteiger partial charge in [0.2, 0.25) is 10.8 Å². The number of nitrogens with zero attached hydrogens (tertiary/aromatic N) is 5. The lowest BCUT2D eigenvalue weighted by molar-refractivity contribution is -0.230. The summed E-state index contributed by atoms with van der Waals surface area (Å²) in [5.41, 5.74) is -1.24. The minimum atomic E-state index is -5.48. The molecule has 0 spiro atoms. The second kappa shape index (κ2) is 11.8. The second-order valence-electron chi connectivity index (χ2n) is 8.57. The van der Waals surface area contributed by atoms with Gasteiger partial charge in [0.05, 0.1) is 4.90 Å². The van der Waals surface area contributed by atoms with Crippen LogP contribution in [0.1, 0.15) is 12.0 Å². The molecule has 1 saturated heterocycles. The van der Waals surface area contributed by atoms with Gasteiger partial charge in [0.1, 0.15) is 5.82 Å². The molecule has 0 radical (unpaired) electrons. The first kappa shape index (κ1) is 29.8. The maximum atomic E-state index is 14.2. The predicted molar refractivity (Wildman–Crippen MR) is 137 cm³/mol. The molecule has 0 amide bonds. The summed E-state index contributed by atoms with van der Waals surface area (Å²) in [6.45, 7) is 1.14. The molecule has 17 heteroatoms. The molecule has 0 aliphatic carbocycles. The van der Waals surface area contributed by atoms with Crippen molar-refractivity contribution >= 4 is 56.4 Å². The zero-order valence-corrected chi connectivity index (χ0v) is 23.2. The van der Waals surface area contributed by atoms with E-state index in [0.29, 0.717) is 42.0 Å². The Balaban J connectivity index is 1.58. The van der Waals surface area contributed by atoms with Gasteiger partial charge in [0, 0.05) is 59.7 Å². The summed E-state index contributed by atoms with van der Waals surface area (Å²) in [4.78, 5) is 17.7. The summed E-state index contributed by atoms with van der Waals surface area (Å²) in [5, 5.41) is 2.78. The molecule has 2 aliphatic heterocycles. The molecule has 2 heterocycles. The van der Waals surface area contributed by atoms with Crippen LogP contribution in [-0.2, 0) is 26.2 Å². The number of benzene rings is 2. The molecule has 212 valence electrons. The fraction of sp³-hybridized carbons (Fsp3) is 0.364. The number of likely N-dealkylation sites (N-methyl/N-ethyl adjacent to an activating group) is 1. The monoisotopic (exact) mass is 629 g/mol. The number of carbonyl (C=O) groups is 1. The Morgan fingerprint density at radius 3 is 2.56 bits per heavy atom. The Labute approximate surface area is 236 Å². The van der Waals surface area contributed by atoms with E-state index in [9.17, 15) is 30.8 Å². The molecule has 0 saturated carbocycles. The Hall–Kier alpha value is -2.14. The lowest BCUT2D eigenvalue weighted by atomic mass is 10.2. The summed E-state index contributed by atoms with van der Waals surface area (Å²) in [5.74, 6) is -3.15. The van der Waals surface area contributed by atoms with E-state index in [4.69, 9.17) is 23.2 Å². The molecule has 2 aromatic rings. The zero-order valence-electron chi connectivity index (χ0n) is 20.1. The topological polar surface area (TPSA) is 85.8 Å². The van der Waals surface area contributed by atoms with E-state index in [2.05, 4.69) is 9.24 Å². The van der Waals surface area contributed by atoms with Crippen LogP contribution in [0.15, 0.2) is 57.8 Å². The van der Waals surface area contributed by atoms with Crippen LogP contribution in [0.2, 0.25) is 5.02 Å². The van der Waals surface area contributed by atoms with E-state index in [1.54, 1.807) is 7.05 Å². The van der Waals surface area contributed by atoms with Crippen LogP contribution in [0.5, 0.6) is 0 Å². The minimum absolute atomic E-state index is 0.0493. The Morgan fingerprint density at radius 2 is 1.90 bits per heavy atom. The number of alkyl halides is 3. The van der Waals surface area contributed by atoms with Gasteiger partial charge in [0.15, 0.2) is 0 Å². The van der Waals surface area contributed by atoms with Crippen molar-refractivity contribution in [1.29, 1.82) is 0 Å². The predicted octanol–water partition coefficient (Wildman–Crippen LogP) is 4.45. The van der Waals surface area contributed by atoms with E-state index >= 15 is 0 Å². The number of carbonyl (C=O) groups excluding carboxylic acids is 1. The number of likely N-dealkylation sites (tertiary alicyclic amines) is 1. The Bertz CT molecular complexity index is 1350. The summed E-state index contributed by atoms with van der Waals surface area (Å²) < 4.78 is 84.2. The molecule has 0 N–H and O–H groups in total. The van der Waals surface area contributed by atoms with Crippen LogP contribution in [0.25, 0.3) is 0 Å². The largest absolute Gasteiger partial charge is 0.492 e. The minimum Gasteiger partial charge on any atom is -0.342 e. The number of halogens is 6. The quantitative estimate of drug-likeness (QED) is 0.183. The number of rotatable bonds is 8. The summed E-state index contributed by atoms with van der Waals surface area (Å²) in [7, 11) is -3.26. The molecule has 1 fully saturated rings. The van der Waals surface area contributed by atoms with Crippen LogP contribution in [0.4, 0.5) is 17.6 Å². The molecule has 0 aromatic heterocycles. The number of hydroxylamine groups is 1. The molecule has 39 heavy (non-hydrogen) atoms. The summed E-state index contributed by atoms with van der Waals surface area (Å²) >= 11 is 12.8.